The average molecular weight is 252 g/mol. The molecule has 2 atom stereocenters. The molecule has 0 bridgehead atoms. The van der Waals surface area contributed by atoms with Crippen molar-refractivity contribution in [2.75, 3.05) is 32.9 Å². The minimum Gasteiger partial charge on any atom is -0.376 e. The summed E-state index contributed by atoms with van der Waals surface area (Å²) in [5.74, 6) is 0. The number of hydrogen-bond acceptors (Lipinski definition) is 5. The molecule has 1 fully saturated rings. The van der Waals surface area contributed by atoms with Gasteiger partial charge in [-0.25, -0.2) is 13.1 Å². The lowest BCUT2D eigenvalue weighted by molar-refractivity contribution is -0.0847. The van der Waals surface area contributed by atoms with E-state index in [0.29, 0.717) is 26.2 Å². The summed E-state index contributed by atoms with van der Waals surface area (Å²) in [5.41, 5.74) is 5.40. The molecule has 6 nitrogen and oxygen atoms in total. The van der Waals surface area contributed by atoms with Crippen molar-refractivity contribution in [1.82, 2.24) is 4.72 Å². The summed E-state index contributed by atoms with van der Waals surface area (Å²) in [7, 11) is -3.33. The monoisotopic (exact) mass is 252 g/mol. The first-order valence-corrected chi connectivity index (χ1v) is 7.02. The summed E-state index contributed by atoms with van der Waals surface area (Å²) in [6.07, 6.45) is 0.312. The van der Waals surface area contributed by atoms with E-state index in [1.165, 1.54) is 0 Å². The molecule has 96 valence electrons. The summed E-state index contributed by atoms with van der Waals surface area (Å²) in [6, 6.07) is 0. The molecule has 0 spiro atoms. The molecule has 0 amide bonds. The molecule has 0 aromatic heterocycles. The van der Waals surface area contributed by atoms with E-state index in [1.807, 2.05) is 0 Å². The molecule has 3 N–H and O–H groups in total. The highest BCUT2D eigenvalue weighted by Gasteiger charge is 2.24. The Balaban J connectivity index is 2.40. The van der Waals surface area contributed by atoms with Crippen LogP contribution in [0.25, 0.3) is 0 Å². The Labute approximate surface area is 96.5 Å². The zero-order chi connectivity index (χ0) is 12.0. The number of nitrogens with one attached hydrogen (secondary N) is 1. The normalized spacial score (nSPS) is 24.2. The van der Waals surface area contributed by atoms with Gasteiger partial charge in [0.05, 0.1) is 31.2 Å². The van der Waals surface area contributed by atoms with Crippen LogP contribution in [0.2, 0.25) is 0 Å². The molecule has 0 saturated carbocycles. The molecule has 1 aliphatic heterocycles. The second kappa shape index (κ2) is 6.51. The van der Waals surface area contributed by atoms with Gasteiger partial charge in [-0.1, -0.05) is 6.92 Å². The Morgan fingerprint density at radius 1 is 1.50 bits per heavy atom. The first kappa shape index (κ1) is 13.9. The predicted molar refractivity (Wildman–Crippen MR) is 60.6 cm³/mol. The van der Waals surface area contributed by atoms with E-state index < -0.39 is 15.3 Å². The topological polar surface area (TPSA) is 90.7 Å². The van der Waals surface area contributed by atoms with E-state index in [4.69, 9.17) is 15.2 Å². The summed E-state index contributed by atoms with van der Waals surface area (Å²) in [6.45, 7) is 3.70. The summed E-state index contributed by atoms with van der Waals surface area (Å²) < 4.78 is 36.5. The molecule has 0 aromatic carbocycles. The van der Waals surface area contributed by atoms with Crippen molar-refractivity contribution < 1.29 is 17.9 Å². The third-order valence-electron chi connectivity index (χ3n) is 2.55. The van der Waals surface area contributed by atoms with Crippen LogP contribution in [0.15, 0.2) is 0 Å². The minimum absolute atomic E-state index is 0.133. The highest BCUT2D eigenvalue weighted by Crippen LogP contribution is 2.04. The first-order valence-electron chi connectivity index (χ1n) is 5.48. The molecule has 7 heteroatoms. The number of nitrogens with two attached hydrogens (primary N) is 1. The molecule has 0 aliphatic carbocycles. The van der Waals surface area contributed by atoms with Gasteiger partial charge in [0.1, 0.15) is 0 Å². The molecule has 1 heterocycles. The van der Waals surface area contributed by atoms with Gasteiger partial charge >= 0.3 is 0 Å². The van der Waals surface area contributed by atoms with E-state index >= 15 is 0 Å². The van der Waals surface area contributed by atoms with Crippen LogP contribution in [0.1, 0.15) is 13.3 Å². The lowest BCUT2D eigenvalue weighted by Crippen LogP contribution is -2.44. The van der Waals surface area contributed by atoms with Crippen LogP contribution in [0.5, 0.6) is 0 Å². The van der Waals surface area contributed by atoms with Crippen LogP contribution in [0, 0.1) is 0 Å². The number of rotatable bonds is 6. The van der Waals surface area contributed by atoms with E-state index in [2.05, 4.69) is 4.72 Å². The van der Waals surface area contributed by atoms with E-state index in [0.717, 1.165) is 0 Å². The Morgan fingerprint density at radius 3 is 2.75 bits per heavy atom. The van der Waals surface area contributed by atoms with Crippen molar-refractivity contribution in [2.24, 2.45) is 5.73 Å². The van der Waals surface area contributed by atoms with Gasteiger partial charge in [-0.3, -0.25) is 0 Å². The maximum atomic E-state index is 11.7. The molecule has 1 rings (SSSR count). The minimum atomic E-state index is -3.33. The quantitative estimate of drug-likeness (QED) is 0.636. The number of hydrogen-bond donors (Lipinski definition) is 2. The maximum Gasteiger partial charge on any atom is 0.215 e. The molecule has 1 aliphatic rings. The Morgan fingerprint density at radius 2 is 2.25 bits per heavy atom. The number of sulfonamides is 1. The van der Waals surface area contributed by atoms with E-state index in [1.54, 1.807) is 6.92 Å². The molecule has 16 heavy (non-hydrogen) atoms. The van der Waals surface area contributed by atoms with Crippen LogP contribution in [0.3, 0.4) is 0 Å². The SMILES string of the molecule is CCC(CN)S(=O)(=O)NCC1COCCO1. The second-order valence-corrected chi connectivity index (χ2v) is 5.77. The van der Waals surface area contributed by atoms with Gasteiger partial charge in [-0.05, 0) is 6.42 Å². The Bertz CT molecular complexity index is 284. The van der Waals surface area contributed by atoms with Gasteiger partial charge in [0, 0.05) is 13.1 Å². The Kier molecular flexibility index (Phi) is 5.63. The van der Waals surface area contributed by atoms with Gasteiger partial charge in [-0.15, -0.1) is 0 Å². The molecule has 0 radical (unpaired) electrons. The highest BCUT2D eigenvalue weighted by molar-refractivity contribution is 7.90. The van der Waals surface area contributed by atoms with Crippen molar-refractivity contribution in [3.05, 3.63) is 0 Å². The predicted octanol–water partition coefficient (Wildman–Crippen LogP) is -0.941. The van der Waals surface area contributed by atoms with Gasteiger partial charge in [0.15, 0.2) is 0 Å². The fraction of sp³-hybridized carbons (Fsp3) is 1.00. The summed E-state index contributed by atoms with van der Waals surface area (Å²) in [4.78, 5) is 0. The van der Waals surface area contributed by atoms with Gasteiger partial charge in [0.25, 0.3) is 0 Å². The van der Waals surface area contributed by atoms with Crippen molar-refractivity contribution in [2.45, 2.75) is 24.7 Å². The van der Waals surface area contributed by atoms with Crippen LogP contribution >= 0.6 is 0 Å². The Hall–Kier alpha value is -0.210. The maximum absolute atomic E-state index is 11.7. The van der Waals surface area contributed by atoms with Crippen LogP contribution in [-0.4, -0.2) is 52.7 Å². The van der Waals surface area contributed by atoms with Gasteiger partial charge in [-0.2, -0.15) is 0 Å². The number of ether oxygens (including phenoxy) is 2. The van der Waals surface area contributed by atoms with E-state index in [9.17, 15) is 8.42 Å². The standard InChI is InChI=1S/C9H20N2O4S/c1-2-9(5-10)16(12,13)11-6-8-7-14-3-4-15-8/h8-9,11H,2-7,10H2,1H3. The molecule has 1 saturated heterocycles. The van der Waals surface area contributed by atoms with Gasteiger partial charge in [0.2, 0.25) is 10.0 Å². The zero-order valence-corrected chi connectivity index (χ0v) is 10.3. The summed E-state index contributed by atoms with van der Waals surface area (Å²) >= 11 is 0. The molecule has 0 aromatic rings. The smallest absolute Gasteiger partial charge is 0.215 e. The third kappa shape index (κ3) is 3.99. The summed E-state index contributed by atoms with van der Waals surface area (Å²) in [5, 5.41) is -0.531. The zero-order valence-electron chi connectivity index (χ0n) is 9.52. The average Bonchev–Trinajstić information content (AvgIpc) is 2.29. The van der Waals surface area contributed by atoms with Crippen molar-refractivity contribution in [1.29, 1.82) is 0 Å². The molecule has 2 unspecified atom stereocenters. The highest BCUT2D eigenvalue weighted by atomic mass is 32.2. The molecular formula is C9H20N2O4S. The van der Waals surface area contributed by atoms with Crippen molar-refractivity contribution >= 4 is 10.0 Å². The van der Waals surface area contributed by atoms with Crippen LogP contribution in [0.4, 0.5) is 0 Å². The van der Waals surface area contributed by atoms with Crippen molar-refractivity contribution in [3.63, 3.8) is 0 Å². The third-order valence-corrected chi connectivity index (χ3v) is 4.53. The fourth-order valence-electron chi connectivity index (χ4n) is 1.49. The fourth-order valence-corrected chi connectivity index (χ4v) is 2.84. The lowest BCUT2D eigenvalue weighted by atomic mass is 10.3. The molecular weight excluding hydrogens is 232 g/mol. The first-order chi connectivity index (χ1) is 7.60. The van der Waals surface area contributed by atoms with Gasteiger partial charge < -0.3 is 15.2 Å². The second-order valence-electron chi connectivity index (χ2n) is 3.73. The van der Waals surface area contributed by atoms with E-state index in [-0.39, 0.29) is 19.2 Å². The lowest BCUT2D eigenvalue weighted by Gasteiger charge is -2.24. The van der Waals surface area contributed by atoms with Crippen LogP contribution < -0.4 is 10.5 Å². The van der Waals surface area contributed by atoms with Crippen LogP contribution in [-0.2, 0) is 19.5 Å². The largest absolute Gasteiger partial charge is 0.376 e. The van der Waals surface area contributed by atoms with Crippen molar-refractivity contribution in [3.8, 4) is 0 Å².